The van der Waals surface area contributed by atoms with Crippen molar-refractivity contribution in [2.75, 3.05) is 13.1 Å². The van der Waals surface area contributed by atoms with Crippen LogP contribution in [0, 0.1) is 5.92 Å². The quantitative estimate of drug-likeness (QED) is 0.853. The van der Waals surface area contributed by atoms with Crippen molar-refractivity contribution in [1.82, 2.24) is 24.6 Å². The molecule has 1 aliphatic heterocycles. The predicted octanol–water partition coefficient (Wildman–Crippen LogP) is 2.26. The predicted molar refractivity (Wildman–Crippen MR) is 86.8 cm³/mol. The second kappa shape index (κ2) is 5.91. The smallest absolute Gasteiger partial charge is 0.225 e. The van der Waals surface area contributed by atoms with Crippen LogP contribution in [-0.2, 0) is 11.8 Å². The molecular formula is C17H23N5O. The summed E-state index contributed by atoms with van der Waals surface area (Å²) in [5.41, 5.74) is 2.71. The number of carbonyl (C=O) groups excluding carboxylic acids is 1. The third-order valence-electron chi connectivity index (χ3n) is 5.31. The number of likely N-dealkylation sites (tertiary alicyclic amines) is 1. The lowest BCUT2D eigenvalue weighted by atomic mass is 9.93. The van der Waals surface area contributed by atoms with Crippen molar-refractivity contribution >= 4 is 17.1 Å². The first-order valence-corrected chi connectivity index (χ1v) is 8.66. The van der Waals surface area contributed by atoms with Crippen LogP contribution in [0.5, 0.6) is 0 Å². The number of carbonyl (C=O) groups is 1. The molecule has 1 amide bonds. The van der Waals surface area contributed by atoms with E-state index in [4.69, 9.17) is 0 Å². The molecule has 1 aliphatic carbocycles. The topological polar surface area (TPSA) is 63.9 Å². The Balaban J connectivity index is 1.58. The molecule has 122 valence electrons. The fourth-order valence-corrected chi connectivity index (χ4v) is 4.11. The Morgan fingerprint density at radius 1 is 1.13 bits per heavy atom. The Labute approximate surface area is 135 Å². The van der Waals surface area contributed by atoms with Gasteiger partial charge in [-0.2, -0.15) is 5.10 Å². The molecule has 4 rings (SSSR count). The molecule has 1 atom stereocenters. The fourth-order valence-electron chi connectivity index (χ4n) is 4.11. The number of fused-ring (bicyclic) bond motifs is 1. The van der Waals surface area contributed by atoms with Crippen LogP contribution in [0.25, 0.3) is 11.2 Å². The van der Waals surface area contributed by atoms with Crippen LogP contribution in [0.1, 0.15) is 50.1 Å². The minimum atomic E-state index is 0.258. The van der Waals surface area contributed by atoms with Gasteiger partial charge in [-0.05, 0) is 25.7 Å². The summed E-state index contributed by atoms with van der Waals surface area (Å²) in [6, 6.07) is 0. The van der Waals surface area contributed by atoms with Gasteiger partial charge in [0.25, 0.3) is 0 Å². The maximum Gasteiger partial charge on any atom is 0.225 e. The van der Waals surface area contributed by atoms with E-state index in [2.05, 4.69) is 20.0 Å². The van der Waals surface area contributed by atoms with Crippen LogP contribution < -0.4 is 0 Å². The minimum Gasteiger partial charge on any atom is -0.342 e. The van der Waals surface area contributed by atoms with Gasteiger partial charge in [0.1, 0.15) is 5.52 Å². The Hall–Kier alpha value is -1.98. The van der Waals surface area contributed by atoms with Crippen molar-refractivity contribution in [3.63, 3.8) is 0 Å². The summed E-state index contributed by atoms with van der Waals surface area (Å²) < 4.78 is 1.80. The van der Waals surface area contributed by atoms with Gasteiger partial charge in [0.05, 0.1) is 5.69 Å². The van der Waals surface area contributed by atoms with Crippen LogP contribution in [-0.4, -0.2) is 43.6 Å². The molecule has 0 spiro atoms. The maximum absolute atomic E-state index is 12.7. The molecule has 0 aromatic carbocycles. The van der Waals surface area contributed by atoms with Crippen LogP contribution in [0.3, 0.4) is 0 Å². The van der Waals surface area contributed by atoms with Gasteiger partial charge in [-0.25, -0.2) is 14.6 Å². The van der Waals surface area contributed by atoms with Crippen molar-refractivity contribution in [1.29, 1.82) is 0 Å². The van der Waals surface area contributed by atoms with E-state index in [0.29, 0.717) is 5.91 Å². The molecule has 3 heterocycles. The Morgan fingerprint density at radius 3 is 2.74 bits per heavy atom. The monoisotopic (exact) mass is 313 g/mol. The third-order valence-corrected chi connectivity index (χ3v) is 5.31. The van der Waals surface area contributed by atoms with E-state index in [1.54, 1.807) is 17.1 Å². The Kier molecular flexibility index (Phi) is 3.75. The highest BCUT2D eigenvalue weighted by Gasteiger charge is 2.32. The molecule has 6 nitrogen and oxygen atoms in total. The number of aryl methyl sites for hydroxylation is 1. The summed E-state index contributed by atoms with van der Waals surface area (Å²) in [5, 5.41) is 4.66. The van der Waals surface area contributed by atoms with E-state index >= 15 is 0 Å². The zero-order chi connectivity index (χ0) is 15.8. The van der Waals surface area contributed by atoms with E-state index in [-0.39, 0.29) is 11.8 Å². The van der Waals surface area contributed by atoms with E-state index in [1.807, 2.05) is 7.05 Å². The largest absolute Gasteiger partial charge is 0.342 e. The molecule has 0 N–H and O–H groups in total. The van der Waals surface area contributed by atoms with Gasteiger partial charge in [-0.3, -0.25) is 4.79 Å². The first-order chi connectivity index (χ1) is 11.2. The molecule has 6 heteroatoms. The summed E-state index contributed by atoms with van der Waals surface area (Å²) in [6.45, 7) is 1.67. The number of aromatic nitrogens is 4. The summed E-state index contributed by atoms with van der Waals surface area (Å²) in [6.07, 6.45) is 10.1. The Bertz CT molecular complexity index is 719. The van der Waals surface area contributed by atoms with Crippen LogP contribution in [0.15, 0.2) is 12.4 Å². The molecule has 0 bridgehead atoms. The lowest BCUT2D eigenvalue weighted by Gasteiger charge is -2.33. The molecule has 2 aromatic heterocycles. The van der Waals surface area contributed by atoms with Gasteiger partial charge in [0, 0.05) is 44.4 Å². The van der Waals surface area contributed by atoms with Gasteiger partial charge in [-0.15, -0.1) is 0 Å². The zero-order valence-corrected chi connectivity index (χ0v) is 13.6. The number of hydrogen-bond donors (Lipinski definition) is 0. The summed E-state index contributed by atoms with van der Waals surface area (Å²) >= 11 is 0. The van der Waals surface area contributed by atoms with Gasteiger partial charge >= 0.3 is 0 Å². The number of hydrogen-bond acceptors (Lipinski definition) is 4. The van der Waals surface area contributed by atoms with Gasteiger partial charge < -0.3 is 4.90 Å². The van der Waals surface area contributed by atoms with E-state index in [0.717, 1.165) is 55.6 Å². The molecule has 2 aromatic rings. The first kappa shape index (κ1) is 14.6. The number of amides is 1. The molecule has 0 radical (unpaired) electrons. The second-order valence-electron chi connectivity index (χ2n) is 6.84. The molecular weight excluding hydrogens is 290 g/mol. The van der Waals surface area contributed by atoms with E-state index < -0.39 is 0 Å². The lowest BCUT2D eigenvalue weighted by molar-refractivity contribution is -0.136. The lowest BCUT2D eigenvalue weighted by Crippen LogP contribution is -2.42. The van der Waals surface area contributed by atoms with Crippen LogP contribution in [0.4, 0.5) is 0 Å². The Morgan fingerprint density at radius 2 is 1.91 bits per heavy atom. The van der Waals surface area contributed by atoms with Gasteiger partial charge in [0.15, 0.2) is 5.65 Å². The third kappa shape index (κ3) is 2.60. The SMILES string of the molecule is Cn1nc(C2CCCN(C(=O)C3CCCC3)C2)c2nccnc21. The minimum absolute atomic E-state index is 0.258. The molecule has 1 unspecified atom stereocenters. The standard InChI is InChI=1S/C17H23N5O/c1-21-16-15(18-8-9-19-16)14(20-21)13-7-4-10-22(11-13)17(23)12-5-2-3-6-12/h8-9,12-13H,2-7,10-11H2,1H3. The second-order valence-corrected chi connectivity index (χ2v) is 6.84. The van der Waals surface area contributed by atoms with Crippen LogP contribution >= 0.6 is 0 Å². The van der Waals surface area contributed by atoms with E-state index in [1.165, 1.54) is 12.8 Å². The van der Waals surface area contributed by atoms with Gasteiger partial charge in [-0.1, -0.05) is 12.8 Å². The average molecular weight is 313 g/mol. The van der Waals surface area contributed by atoms with Crippen molar-refractivity contribution < 1.29 is 4.79 Å². The van der Waals surface area contributed by atoms with Crippen molar-refractivity contribution in [2.45, 2.75) is 44.4 Å². The zero-order valence-electron chi connectivity index (χ0n) is 13.6. The summed E-state index contributed by atoms with van der Waals surface area (Å²) in [5.74, 6) is 0.891. The average Bonchev–Trinajstić information content (AvgIpc) is 3.23. The molecule has 1 saturated carbocycles. The highest BCUT2D eigenvalue weighted by Crippen LogP contribution is 2.32. The maximum atomic E-state index is 12.7. The van der Waals surface area contributed by atoms with E-state index in [9.17, 15) is 4.79 Å². The summed E-state index contributed by atoms with van der Waals surface area (Å²) in [7, 11) is 1.91. The normalized spacial score (nSPS) is 22.8. The summed E-state index contributed by atoms with van der Waals surface area (Å²) in [4.78, 5) is 23.6. The highest BCUT2D eigenvalue weighted by molar-refractivity contribution is 5.79. The molecule has 1 saturated heterocycles. The molecule has 2 aliphatic rings. The van der Waals surface area contributed by atoms with Crippen molar-refractivity contribution in [3.05, 3.63) is 18.1 Å². The number of rotatable bonds is 2. The van der Waals surface area contributed by atoms with Crippen molar-refractivity contribution in [2.24, 2.45) is 13.0 Å². The van der Waals surface area contributed by atoms with Crippen LogP contribution in [0.2, 0.25) is 0 Å². The first-order valence-electron chi connectivity index (χ1n) is 8.66. The number of piperidine rings is 1. The van der Waals surface area contributed by atoms with Gasteiger partial charge in [0.2, 0.25) is 5.91 Å². The molecule has 2 fully saturated rings. The fraction of sp³-hybridized carbons (Fsp3) is 0.647. The number of nitrogens with zero attached hydrogens (tertiary/aromatic N) is 5. The molecule has 23 heavy (non-hydrogen) atoms. The van der Waals surface area contributed by atoms with Crippen molar-refractivity contribution in [3.8, 4) is 0 Å². The highest BCUT2D eigenvalue weighted by atomic mass is 16.2.